The Morgan fingerprint density at radius 1 is 1.15 bits per heavy atom. The summed E-state index contributed by atoms with van der Waals surface area (Å²) in [4.78, 5) is 11.2. The Morgan fingerprint density at radius 3 is 2.56 bits per heavy atom. The Hall–Kier alpha value is -2.33. The van der Waals surface area contributed by atoms with Crippen LogP contribution in [0.3, 0.4) is 0 Å². The molecule has 2 aliphatic heterocycles. The second-order valence-corrected chi connectivity index (χ2v) is 8.70. The third kappa shape index (κ3) is 3.34. The van der Waals surface area contributed by atoms with Gasteiger partial charge in [-0.25, -0.2) is 4.79 Å². The maximum absolute atomic E-state index is 11.2. The zero-order chi connectivity index (χ0) is 19.2. The predicted molar refractivity (Wildman–Crippen MR) is 106 cm³/mol. The summed E-state index contributed by atoms with van der Waals surface area (Å²) in [6.45, 7) is 7.50. The van der Waals surface area contributed by atoms with Gasteiger partial charge in [-0.05, 0) is 47.6 Å². The van der Waals surface area contributed by atoms with Crippen LogP contribution < -0.4 is 5.32 Å². The molecule has 0 aliphatic carbocycles. The van der Waals surface area contributed by atoms with Gasteiger partial charge in [0.05, 0.1) is 17.7 Å². The highest BCUT2D eigenvalue weighted by atomic mass is 16.5. The van der Waals surface area contributed by atoms with E-state index in [1.165, 1.54) is 11.1 Å². The van der Waals surface area contributed by atoms with Crippen LogP contribution in [-0.2, 0) is 10.2 Å². The minimum Gasteiger partial charge on any atom is -0.478 e. The minimum atomic E-state index is -0.892. The number of fused-ring (bicyclic) bond motifs is 3. The Labute approximate surface area is 160 Å². The van der Waals surface area contributed by atoms with Crippen LogP contribution in [0.15, 0.2) is 42.5 Å². The van der Waals surface area contributed by atoms with Crippen molar-refractivity contribution >= 4 is 11.7 Å². The second-order valence-electron chi connectivity index (χ2n) is 8.70. The first kappa shape index (κ1) is 18.1. The van der Waals surface area contributed by atoms with Gasteiger partial charge in [0, 0.05) is 23.8 Å². The number of carbonyl (C=O) groups is 1. The highest BCUT2D eigenvalue weighted by molar-refractivity contribution is 5.87. The van der Waals surface area contributed by atoms with Gasteiger partial charge in [-0.1, -0.05) is 45.0 Å². The van der Waals surface area contributed by atoms with Gasteiger partial charge in [0.1, 0.15) is 0 Å². The van der Waals surface area contributed by atoms with Crippen molar-refractivity contribution in [1.29, 1.82) is 0 Å². The fraction of sp³-hybridized carbons (Fsp3) is 0.435. The lowest BCUT2D eigenvalue weighted by molar-refractivity contribution is -0.0382. The van der Waals surface area contributed by atoms with Crippen molar-refractivity contribution in [3.8, 4) is 0 Å². The first-order valence-electron chi connectivity index (χ1n) is 9.70. The molecule has 0 saturated carbocycles. The average molecular weight is 365 g/mol. The number of benzene rings is 2. The van der Waals surface area contributed by atoms with Crippen molar-refractivity contribution < 1.29 is 14.6 Å². The lowest BCUT2D eigenvalue weighted by atomic mass is 9.76. The molecule has 0 aromatic heterocycles. The zero-order valence-electron chi connectivity index (χ0n) is 16.2. The van der Waals surface area contributed by atoms with Crippen LogP contribution in [-0.4, -0.2) is 17.7 Å². The topological polar surface area (TPSA) is 58.6 Å². The molecule has 3 atom stereocenters. The molecule has 0 spiro atoms. The summed E-state index contributed by atoms with van der Waals surface area (Å²) >= 11 is 0. The smallest absolute Gasteiger partial charge is 0.335 e. The molecule has 2 N–H and O–H groups in total. The number of carboxylic acid groups (broad SMARTS) is 1. The lowest BCUT2D eigenvalue weighted by Gasteiger charge is -2.44. The average Bonchev–Trinajstić information content (AvgIpc) is 2.66. The highest BCUT2D eigenvalue weighted by Crippen LogP contribution is 2.49. The monoisotopic (exact) mass is 365 g/mol. The molecule has 4 nitrogen and oxygen atoms in total. The fourth-order valence-electron chi connectivity index (χ4n) is 4.30. The Bertz CT molecular complexity index is 851. The molecule has 1 saturated heterocycles. The molecule has 0 bridgehead atoms. The number of aromatic carboxylic acids is 1. The summed E-state index contributed by atoms with van der Waals surface area (Å²) in [5.74, 6) is -0.547. The van der Waals surface area contributed by atoms with Crippen LogP contribution >= 0.6 is 0 Å². The highest BCUT2D eigenvalue weighted by Gasteiger charge is 2.40. The lowest BCUT2D eigenvalue weighted by Crippen LogP contribution is -2.36. The van der Waals surface area contributed by atoms with Gasteiger partial charge in [-0.3, -0.25) is 0 Å². The van der Waals surface area contributed by atoms with Crippen molar-refractivity contribution in [1.82, 2.24) is 0 Å². The van der Waals surface area contributed by atoms with E-state index in [1.807, 2.05) is 12.1 Å². The van der Waals surface area contributed by atoms with Crippen LogP contribution in [0.4, 0.5) is 5.69 Å². The van der Waals surface area contributed by atoms with Crippen molar-refractivity contribution in [2.75, 3.05) is 11.9 Å². The number of hydrogen-bond donors (Lipinski definition) is 2. The van der Waals surface area contributed by atoms with Crippen LogP contribution in [0.1, 0.15) is 72.8 Å². The molecular formula is C23H27NO3. The van der Waals surface area contributed by atoms with E-state index in [9.17, 15) is 4.79 Å². The van der Waals surface area contributed by atoms with E-state index in [0.717, 1.165) is 30.7 Å². The fourth-order valence-corrected chi connectivity index (χ4v) is 4.30. The molecule has 0 amide bonds. The van der Waals surface area contributed by atoms with Gasteiger partial charge < -0.3 is 15.2 Å². The third-order valence-electron chi connectivity index (χ3n) is 5.85. The van der Waals surface area contributed by atoms with Crippen molar-refractivity contribution in [2.45, 2.75) is 51.2 Å². The number of carboxylic acids is 1. The number of anilines is 1. The SMILES string of the molecule is CC(C)(C)c1ccc2c(c1)[C@H]1OCCC[C@H]1[C@H](c1ccc(C(=O)O)cc1)N2. The van der Waals surface area contributed by atoms with Gasteiger partial charge in [0.2, 0.25) is 0 Å². The largest absolute Gasteiger partial charge is 0.478 e. The summed E-state index contributed by atoms with van der Waals surface area (Å²) in [6.07, 6.45) is 2.24. The summed E-state index contributed by atoms with van der Waals surface area (Å²) in [5.41, 5.74) is 5.24. The molecule has 4 rings (SSSR count). The molecule has 2 aliphatic rings. The molecule has 27 heavy (non-hydrogen) atoms. The van der Waals surface area contributed by atoms with Gasteiger partial charge in [-0.15, -0.1) is 0 Å². The summed E-state index contributed by atoms with van der Waals surface area (Å²) < 4.78 is 6.26. The van der Waals surface area contributed by atoms with Crippen molar-refractivity contribution in [3.05, 3.63) is 64.7 Å². The van der Waals surface area contributed by atoms with Crippen LogP contribution in [0, 0.1) is 5.92 Å². The van der Waals surface area contributed by atoms with E-state index in [1.54, 1.807) is 12.1 Å². The molecule has 2 aromatic rings. The predicted octanol–water partition coefficient (Wildman–Crippen LogP) is 5.32. The van der Waals surface area contributed by atoms with Crippen LogP contribution in [0.25, 0.3) is 0 Å². The molecule has 142 valence electrons. The molecule has 4 heteroatoms. The first-order valence-corrected chi connectivity index (χ1v) is 9.70. The van der Waals surface area contributed by atoms with Crippen molar-refractivity contribution in [2.24, 2.45) is 5.92 Å². The molecule has 0 radical (unpaired) electrons. The molecule has 2 aromatic carbocycles. The van der Waals surface area contributed by atoms with E-state index in [4.69, 9.17) is 9.84 Å². The second kappa shape index (κ2) is 6.68. The third-order valence-corrected chi connectivity index (χ3v) is 5.85. The summed E-state index contributed by atoms with van der Waals surface area (Å²) in [6, 6.07) is 14.0. The Kier molecular flexibility index (Phi) is 4.47. The molecule has 2 heterocycles. The molecular weight excluding hydrogens is 338 g/mol. The van der Waals surface area contributed by atoms with E-state index in [2.05, 4.69) is 44.3 Å². The summed E-state index contributed by atoms with van der Waals surface area (Å²) in [7, 11) is 0. The van der Waals surface area contributed by atoms with E-state index >= 15 is 0 Å². The number of hydrogen-bond acceptors (Lipinski definition) is 3. The quantitative estimate of drug-likeness (QED) is 0.756. The maximum Gasteiger partial charge on any atom is 0.335 e. The maximum atomic E-state index is 11.2. The van der Waals surface area contributed by atoms with Gasteiger partial charge in [0.25, 0.3) is 0 Å². The first-order chi connectivity index (χ1) is 12.8. The molecule has 0 unspecified atom stereocenters. The Morgan fingerprint density at radius 2 is 1.89 bits per heavy atom. The van der Waals surface area contributed by atoms with Gasteiger partial charge in [-0.2, -0.15) is 0 Å². The molecule has 1 fully saturated rings. The van der Waals surface area contributed by atoms with Gasteiger partial charge in [0.15, 0.2) is 0 Å². The number of nitrogens with one attached hydrogen (secondary N) is 1. The van der Waals surface area contributed by atoms with Crippen LogP contribution in [0.2, 0.25) is 0 Å². The minimum absolute atomic E-state index is 0.0847. The number of ether oxygens (including phenoxy) is 1. The van der Waals surface area contributed by atoms with E-state index < -0.39 is 5.97 Å². The summed E-state index contributed by atoms with van der Waals surface area (Å²) in [5, 5.41) is 12.9. The van der Waals surface area contributed by atoms with Crippen molar-refractivity contribution in [3.63, 3.8) is 0 Å². The normalized spacial score (nSPS) is 24.5. The standard InChI is InChI=1S/C23H27NO3/c1-23(2,3)16-10-11-19-18(13-16)21-17(5-4-12-27-21)20(24-19)14-6-8-15(9-7-14)22(25)26/h6-11,13,17,20-21,24H,4-5,12H2,1-3H3,(H,25,26)/t17-,20-,21-/m0/s1. The zero-order valence-corrected chi connectivity index (χ0v) is 16.2. The van der Waals surface area contributed by atoms with Crippen LogP contribution in [0.5, 0.6) is 0 Å². The Balaban J connectivity index is 1.73. The number of rotatable bonds is 2. The van der Waals surface area contributed by atoms with Gasteiger partial charge >= 0.3 is 5.97 Å². The van der Waals surface area contributed by atoms with E-state index in [0.29, 0.717) is 11.5 Å². The van der Waals surface area contributed by atoms with E-state index in [-0.39, 0.29) is 17.6 Å².